The van der Waals surface area contributed by atoms with Gasteiger partial charge in [-0.25, -0.2) is 0 Å². The van der Waals surface area contributed by atoms with Crippen molar-refractivity contribution in [1.82, 2.24) is 5.32 Å². The van der Waals surface area contributed by atoms with Crippen LogP contribution in [0.3, 0.4) is 0 Å². The van der Waals surface area contributed by atoms with Gasteiger partial charge in [-0.1, -0.05) is 27.7 Å². The van der Waals surface area contributed by atoms with Crippen molar-refractivity contribution in [2.45, 2.75) is 185 Å². The number of carbonyl (C=O) groups is 1. The Morgan fingerprint density at radius 1 is 0.870 bits per heavy atom. The third kappa shape index (κ3) is 10.7. The highest BCUT2D eigenvalue weighted by Gasteiger charge is 2.53. The molecule has 15 heteroatoms. The number of likely N-dealkylation sites (N-methyl/N-ethyl adjacent to an activating group) is 1. The molecule has 0 aromatic carbocycles. The standard InChI is InChI=1S/C39H73NO14/c1-14-27-39(10,46)32(42)22(4)30(49-16-15-47-12)20(2)18-37(8,45)34(54-36-29(41)26(40-11)17-21(3)50-36)23(5)31(24(6)35(44)52-27)53-28-19-38(9,48-13)33(43)25(7)51-28/h20-34,36,40-43,45-46H,14-19H2,1-13H3/t20-,21-,22+,23+,24-,25+,26+,27-,28+,29-,30+,31+,32-,33+,34-,36+,37-,38-,39-/m1/s1. The molecule has 3 heterocycles. The summed E-state index contributed by atoms with van der Waals surface area (Å²) in [7, 11) is 4.80. The van der Waals surface area contributed by atoms with E-state index in [1.165, 1.54) is 14.0 Å². The molecule has 6 N–H and O–H groups in total. The van der Waals surface area contributed by atoms with E-state index in [1.54, 1.807) is 62.6 Å². The molecule has 3 aliphatic rings. The first-order chi connectivity index (χ1) is 25.1. The number of aliphatic hydroxyl groups is 5. The smallest absolute Gasteiger partial charge is 0.311 e. The Bertz CT molecular complexity index is 1160. The van der Waals surface area contributed by atoms with Crippen molar-refractivity contribution in [2.24, 2.45) is 23.7 Å². The van der Waals surface area contributed by atoms with Crippen LogP contribution in [0.4, 0.5) is 0 Å². The quantitative estimate of drug-likeness (QED) is 0.131. The summed E-state index contributed by atoms with van der Waals surface area (Å²) in [5, 5.41) is 61.8. The van der Waals surface area contributed by atoms with Crippen molar-refractivity contribution in [3.05, 3.63) is 0 Å². The third-order valence-electron chi connectivity index (χ3n) is 12.3. The van der Waals surface area contributed by atoms with Crippen molar-refractivity contribution in [2.75, 3.05) is 34.5 Å². The summed E-state index contributed by atoms with van der Waals surface area (Å²) in [6, 6.07) is -0.354. The summed E-state index contributed by atoms with van der Waals surface area (Å²) >= 11 is 0. The summed E-state index contributed by atoms with van der Waals surface area (Å²) in [6.07, 6.45) is -9.66. The second kappa shape index (κ2) is 19.6. The van der Waals surface area contributed by atoms with E-state index in [2.05, 4.69) is 5.32 Å². The Morgan fingerprint density at radius 3 is 2.09 bits per heavy atom. The van der Waals surface area contributed by atoms with E-state index in [9.17, 15) is 30.3 Å². The van der Waals surface area contributed by atoms with Gasteiger partial charge >= 0.3 is 5.97 Å². The summed E-state index contributed by atoms with van der Waals surface area (Å²) in [4.78, 5) is 14.2. The number of nitrogens with one attached hydrogen (secondary N) is 1. The van der Waals surface area contributed by atoms with E-state index in [0.29, 0.717) is 6.42 Å². The van der Waals surface area contributed by atoms with Gasteiger partial charge in [-0.2, -0.15) is 0 Å². The molecule has 0 bridgehead atoms. The normalized spacial score (nSPS) is 48.9. The SMILES string of the molecule is CC[C@H]1OC(=O)[C@H](C)[C@@H](O[C@H]2C[C@@](C)(OC)[C@@H](O)[C@H](C)O2)[C@H](C)[C@@H](O[C@@H]2O[C@H](C)C[C@H](NC)[C@H]2O)[C@](C)(O)C[C@@H](C)[C@H](OCCOC)[C@H](C)[C@@H](O)[C@]1(C)O. The van der Waals surface area contributed by atoms with Crippen LogP contribution in [0.5, 0.6) is 0 Å². The van der Waals surface area contributed by atoms with E-state index in [0.717, 1.165) is 0 Å². The molecule has 3 fully saturated rings. The topological polar surface area (TPSA) is 204 Å². The Morgan fingerprint density at radius 2 is 1.52 bits per heavy atom. The molecular formula is C39H73NO14. The molecule has 0 amide bonds. The number of carbonyl (C=O) groups excluding carboxylic acids is 1. The fourth-order valence-corrected chi connectivity index (χ4v) is 8.96. The van der Waals surface area contributed by atoms with Crippen LogP contribution < -0.4 is 5.32 Å². The number of aliphatic hydroxyl groups excluding tert-OH is 3. The highest BCUT2D eigenvalue weighted by Crippen LogP contribution is 2.41. The fourth-order valence-electron chi connectivity index (χ4n) is 8.96. The molecule has 3 aliphatic heterocycles. The maximum absolute atomic E-state index is 14.2. The summed E-state index contributed by atoms with van der Waals surface area (Å²) < 4.78 is 49.0. The zero-order valence-corrected chi connectivity index (χ0v) is 34.9. The molecular weight excluding hydrogens is 706 g/mol. The van der Waals surface area contributed by atoms with Gasteiger partial charge in [0.2, 0.25) is 0 Å². The molecule has 15 nitrogen and oxygen atoms in total. The average molecular weight is 780 g/mol. The lowest BCUT2D eigenvalue weighted by Crippen LogP contribution is -2.61. The zero-order valence-electron chi connectivity index (χ0n) is 34.9. The molecule has 318 valence electrons. The van der Waals surface area contributed by atoms with Crippen LogP contribution in [0.2, 0.25) is 0 Å². The summed E-state index contributed by atoms with van der Waals surface area (Å²) in [6.45, 7) is 17.7. The van der Waals surface area contributed by atoms with Crippen LogP contribution in [0, 0.1) is 23.7 Å². The molecule has 54 heavy (non-hydrogen) atoms. The third-order valence-corrected chi connectivity index (χ3v) is 12.3. The van der Waals surface area contributed by atoms with Crippen LogP contribution in [-0.2, 0) is 42.7 Å². The number of hydrogen-bond acceptors (Lipinski definition) is 15. The van der Waals surface area contributed by atoms with E-state index < -0.39 is 108 Å². The van der Waals surface area contributed by atoms with Crippen LogP contribution >= 0.6 is 0 Å². The Balaban J connectivity index is 2.21. The number of rotatable bonds is 11. The minimum Gasteiger partial charge on any atom is -0.459 e. The second-order valence-corrected chi connectivity index (χ2v) is 16.9. The van der Waals surface area contributed by atoms with Crippen molar-refractivity contribution in [1.29, 1.82) is 0 Å². The number of ether oxygens (including phenoxy) is 8. The van der Waals surface area contributed by atoms with Gasteiger partial charge < -0.3 is 68.7 Å². The van der Waals surface area contributed by atoms with Crippen molar-refractivity contribution < 1.29 is 68.2 Å². The first kappa shape index (κ1) is 47.3. The summed E-state index contributed by atoms with van der Waals surface area (Å²) in [5.74, 6) is -3.68. The van der Waals surface area contributed by atoms with Gasteiger partial charge in [-0.05, 0) is 73.8 Å². The molecule has 0 aromatic rings. The molecule has 3 rings (SSSR count). The van der Waals surface area contributed by atoms with Gasteiger partial charge in [-0.3, -0.25) is 4.79 Å². The second-order valence-electron chi connectivity index (χ2n) is 16.9. The van der Waals surface area contributed by atoms with Crippen LogP contribution in [0.15, 0.2) is 0 Å². The number of methoxy groups -OCH3 is 2. The monoisotopic (exact) mass is 780 g/mol. The molecule has 0 aliphatic carbocycles. The zero-order chi connectivity index (χ0) is 40.9. The molecule has 0 aromatic heterocycles. The molecule has 0 spiro atoms. The lowest BCUT2D eigenvalue weighted by Gasteiger charge is -2.49. The van der Waals surface area contributed by atoms with E-state index in [-0.39, 0.29) is 44.6 Å². The maximum atomic E-state index is 14.2. The predicted molar refractivity (Wildman–Crippen MR) is 198 cm³/mol. The van der Waals surface area contributed by atoms with Crippen molar-refractivity contribution in [3.63, 3.8) is 0 Å². The Labute approximate surface area is 322 Å². The lowest BCUT2D eigenvalue weighted by molar-refractivity contribution is -0.316. The van der Waals surface area contributed by atoms with E-state index >= 15 is 0 Å². The van der Waals surface area contributed by atoms with Gasteiger partial charge in [0.05, 0.1) is 67.0 Å². The van der Waals surface area contributed by atoms with Crippen molar-refractivity contribution >= 4 is 5.97 Å². The van der Waals surface area contributed by atoms with Crippen LogP contribution in [-0.4, -0.2) is 156 Å². The van der Waals surface area contributed by atoms with Gasteiger partial charge in [0, 0.05) is 38.5 Å². The first-order valence-electron chi connectivity index (χ1n) is 19.7. The minimum atomic E-state index is -1.89. The highest BCUT2D eigenvalue weighted by molar-refractivity contribution is 5.73. The number of hydrogen-bond donors (Lipinski definition) is 6. The largest absolute Gasteiger partial charge is 0.459 e. The minimum absolute atomic E-state index is 0.0698. The van der Waals surface area contributed by atoms with E-state index in [4.69, 9.17) is 37.9 Å². The lowest BCUT2D eigenvalue weighted by atomic mass is 9.73. The molecule has 3 saturated heterocycles. The Kier molecular flexibility index (Phi) is 17.2. The first-order valence-corrected chi connectivity index (χ1v) is 19.7. The molecule has 0 unspecified atom stereocenters. The summed E-state index contributed by atoms with van der Waals surface area (Å²) in [5.41, 5.74) is -4.62. The highest BCUT2D eigenvalue weighted by atomic mass is 16.7. The van der Waals surface area contributed by atoms with E-state index in [1.807, 2.05) is 13.8 Å². The number of cyclic esters (lactones) is 1. The van der Waals surface area contributed by atoms with Crippen molar-refractivity contribution in [3.8, 4) is 0 Å². The van der Waals surface area contributed by atoms with Gasteiger partial charge in [0.25, 0.3) is 0 Å². The fraction of sp³-hybridized carbons (Fsp3) is 0.974. The van der Waals surface area contributed by atoms with Crippen LogP contribution in [0.25, 0.3) is 0 Å². The maximum Gasteiger partial charge on any atom is 0.311 e. The van der Waals surface area contributed by atoms with Crippen LogP contribution in [0.1, 0.15) is 94.9 Å². The van der Waals surface area contributed by atoms with Gasteiger partial charge in [0.15, 0.2) is 12.6 Å². The average Bonchev–Trinajstić information content (AvgIpc) is 3.11. The predicted octanol–water partition coefficient (Wildman–Crippen LogP) is 1.91. The molecule has 0 radical (unpaired) electrons. The van der Waals surface area contributed by atoms with Gasteiger partial charge in [-0.15, -0.1) is 0 Å². The van der Waals surface area contributed by atoms with Gasteiger partial charge in [0.1, 0.15) is 23.9 Å². The molecule has 0 saturated carbocycles. The number of esters is 1. The Hall–Kier alpha value is -1.05. The molecule has 19 atom stereocenters.